The fourth-order valence-electron chi connectivity index (χ4n) is 1.70. The quantitative estimate of drug-likeness (QED) is 0.827. The number of hydrogen-bond donors (Lipinski definition) is 1. The van der Waals surface area contributed by atoms with Gasteiger partial charge in [0.25, 0.3) is 0 Å². The van der Waals surface area contributed by atoms with Crippen molar-refractivity contribution in [3.8, 4) is 0 Å². The van der Waals surface area contributed by atoms with Crippen LogP contribution in [0.5, 0.6) is 0 Å². The SMILES string of the molecule is CC1=C(CC[Se]c2ccccc2)CNC1=O. The molecule has 0 saturated heterocycles. The molecule has 0 radical (unpaired) electrons. The number of hydrogen-bond acceptors (Lipinski definition) is 1. The Bertz CT molecular complexity index is 411. The molecule has 0 atom stereocenters. The van der Waals surface area contributed by atoms with Gasteiger partial charge in [-0.2, -0.15) is 0 Å². The summed E-state index contributed by atoms with van der Waals surface area (Å²) in [5, 5.41) is 4.04. The molecule has 0 spiro atoms. The molecule has 2 nitrogen and oxygen atoms in total. The zero-order chi connectivity index (χ0) is 11.4. The molecule has 1 heterocycles. The van der Waals surface area contributed by atoms with E-state index in [1.165, 1.54) is 15.4 Å². The van der Waals surface area contributed by atoms with Gasteiger partial charge in [0.05, 0.1) is 0 Å². The maximum absolute atomic E-state index is 11.3. The van der Waals surface area contributed by atoms with Crippen molar-refractivity contribution >= 4 is 25.3 Å². The fraction of sp³-hybridized carbons (Fsp3) is 0.308. The first-order valence-corrected chi connectivity index (χ1v) is 7.49. The second-order valence-corrected chi connectivity index (χ2v) is 6.27. The van der Waals surface area contributed by atoms with E-state index in [1.807, 2.05) is 13.0 Å². The van der Waals surface area contributed by atoms with E-state index < -0.39 is 0 Å². The van der Waals surface area contributed by atoms with Gasteiger partial charge in [0.1, 0.15) is 0 Å². The van der Waals surface area contributed by atoms with E-state index >= 15 is 0 Å². The van der Waals surface area contributed by atoms with Crippen molar-refractivity contribution in [3.63, 3.8) is 0 Å². The van der Waals surface area contributed by atoms with Gasteiger partial charge < -0.3 is 0 Å². The van der Waals surface area contributed by atoms with E-state index in [9.17, 15) is 4.79 Å². The molecule has 1 N–H and O–H groups in total. The Morgan fingerprint density at radius 3 is 2.69 bits per heavy atom. The van der Waals surface area contributed by atoms with Crippen LogP contribution in [0, 0.1) is 0 Å². The Morgan fingerprint density at radius 1 is 1.31 bits per heavy atom. The van der Waals surface area contributed by atoms with Crippen LogP contribution in [0.25, 0.3) is 0 Å². The van der Waals surface area contributed by atoms with E-state index in [2.05, 4.69) is 29.6 Å². The topological polar surface area (TPSA) is 29.1 Å². The zero-order valence-electron chi connectivity index (χ0n) is 9.32. The normalized spacial score (nSPS) is 15.4. The molecule has 1 amide bonds. The van der Waals surface area contributed by atoms with E-state index in [0.29, 0.717) is 15.0 Å². The van der Waals surface area contributed by atoms with Gasteiger partial charge in [0.15, 0.2) is 0 Å². The van der Waals surface area contributed by atoms with E-state index in [0.717, 1.165) is 18.5 Å². The molecule has 2 rings (SSSR count). The molecule has 0 aromatic heterocycles. The van der Waals surface area contributed by atoms with Crippen LogP contribution >= 0.6 is 0 Å². The standard InChI is InChI=1S/C13H15NOSe/c1-10-11(9-14-13(10)15)7-8-16-12-5-3-2-4-6-12/h2-6H,7-9H2,1H3,(H,14,15). The fourth-order valence-corrected chi connectivity index (χ4v) is 3.66. The van der Waals surface area contributed by atoms with Gasteiger partial charge in [-0.15, -0.1) is 0 Å². The first-order valence-electron chi connectivity index (χ1n) is 5.42. The second-order valence-electron chi connectivity index (χ2n) is 3.82. The zero-order valence-corrected chi connectivity index (χ0v) is 11.0. The van der Waals surface area contributed by atoms with Crippen molar-refractivity contribution in [3.05, 3.63) is 41.5 Å². The Hall–Kier alpha value is -1.05. The summed E-state index contributed by atoms with van der Waals surface area (Å²) in [6.07, 6.45) is 1.06. The van der Waals surface area contributed by atoms with Crippen molar-refractivity contribution in [2.24, 2.45) is 0 Å². The minimum atomic E-state index is 0.113. The van der Waals surface area contributed by atoms with Crippen molar-refractivity contribution in [1.29, 1.82) is 0 Å². The Balaban J connectivity index is 1.83. The average Bonchev–Trinajstić information content (AvgIpc) is 2.62. The number of benzene rings is 1. The van der Waals surface area contributed by atoms with Crippen molar-refractivity contribution in [2.45, 2.75) is 18.7 Å². The van der Waals surface area contributed by atoms with Gasteiger partial charge in [0, 0.05) is 0 Å². The number of carbonyl (C=O) groups excluding carboxylic acids is 1. The molecule has 1 aromatic rings. The molecule has 0 unspecified atom stereocenters. The van der Waals surface area contributed by atoms with Crippen LogP contribution < -0.4 is 9.78 Å². The summed E-state index contributed by atoms with van der Waals surface area (Å²) in [5.41, 5.74) is 2.23. The predicted molar refractivity (Wildman–Crippen MR) is 67.0 cm³/mol. The molecule has 1 aliphatic heterocycles. The first kappa shape index (κ1) is 11.4. The summed E-state index contributed by atoms with van der Waals surface area (Å²) in [5.74, 6) is 0.113. The molecule has 0 saturated carbocycles. The summed E-state index contributed by atoms with van der Waals surface area (Å²) in [6.45, 7) is 2.68. The van der Waals surface area contributed by atoms with Gasteiger partial charge in [-0.3, -0.25) is 0 Å². The van der Waals surface area contributed by atoms with Gasteiger partial charge in [-0.05, 0) is 0 Å². The van der Waals surface area contributed by atoms with Crippen molar-refractivity contribution in [1.82, 2.24) is 5.32 Å². The van der Waals surface area contributed by atoms with E-state index in [1.54, 1.807) is 0 Å². The Kier molecular flexibility index (Phi) is 3.81. The monoisotopic (exact) mass is 281 g/mol. The van der Waals surface area contributed by atoms with Crippen LogP contribution in [0.15, 0.2) is 41.5 Å². The van der Waals surface area contributed by atoms with Crippen LogP contribution in [-0.2, 0) is 4.79 Å². The van der Waals surface area contributed by atoms with Crippen LogP contribution in [-0.4, -0.2) is 27.4 Å². The number of carbonyl (C=O) groups is 1. The Morgan fingerprint density at radius 2 is 2.06 bits per heavy atom. The molecule has 1 aromatic carbocycles. The summed E-state index contributed by atoms with van der Waals surface area (Å²) < 4.78 is 1.44. The summed E-state index contributed by atoms with van der Waals surface area (Å²) >= 11 is 0.528. The Labute approximate surface area is 102 Å². The third kappa shape index (κ3) is 2.75. The number of amides is 1. The molecule has 84 valence electrons. The third-order valence-corrected chi connectivity index (χ3v) is 4.88. The summed E-state index contributed by atoms with van der Waals surface area (Å²) in [4.78, 5) is 11.3. The first-order chi connectivity index (χ1) is 7.77. The van der Waals surface area contributed by atoms with Crippen LogP contribution in [0.2, 0.25) is 5.32 Å². The average molecular weight is 280 g/mol. The van der Waals surface area contributed by atoms with Gasteiger partial charge >= 0.3 is 102 Å². The molecule has 0 bridgehead atoms. The van der Waals surface area contributed by atoms with E-state index in [-0.39, 0.29) is 5.91 Å². The summed E-state index contributed by atoms with van der Waals surface area (Å²) in [6, 6.07) is 10.6. The van der Waals surface area contributed by atoms with Crippen molar-refractivity contribution in [2.75, 3.05) is 6.54 Å². The van der Waals surface area contributed by atoms with Crippen molar-refractivity contribution < 1.29 is 4.79 Å². The molecule has 0 fully saturated rings. The molecule has 0 aliphatic carbocycles. The second kappa shape index (κ2) is 5.33. The number of nitrogens with one attached hydrogen (secondary N) is 1. The van der Waals surface area contributed by atoms with Crippen LogP contribution in [0.4, 0.5) is 0 Å². The minimum absolute atomic E-state index is 0.113. The molecular formula is C13H15NOSe. The van der Waals surface area contributed by atoms with Crippen LogP contribution in [0.3, 0.4) is 0 Å². The number of rotatable bonds is 4. The van der Waals surface area contributed by atoms with Gasteiger partial charge in [-0.1, -0.05) is 0 Å². The molecule has 16 heavy (non-hydrogen) atoms. The third-order valence-electron chi connectivity index (χ3n) is 2.75. The molecular weight excluding hydrogens is 265 g/mol. The van der Waals surface area contributed by atoms with Gasteiger partial charge in [0.2, 0.25) is 0 Å². The van der Waals surface area contributed by atoms with Gasteiger partial charge in [-0.25, -0.2) is 0 Å². The predicted octanol–water partition coefficient (Wildman–Crippen LogP) is 1.27. The molecule has 3 heteroatoms. The molecule has 1 aliphatic rings. The summed E-state index contributed by atoms with van der Waals surface area (Å²) in [7, 11) is 0. The van der Waals surface area contributed by atoms with E-state index in [4.69, 9.17) is 0 Å². The van der Waals surface area contributed by atoms with Crippen LogP contribution in [0.1, 0.15) is 13.3 Å². The maximum atomic E-state index is 11.3.